The minimum Gasteiger partial charge on any atom is -0.479 e. The van der Waals surface area contributed by atoms with E-state index in [1.54, 1.807) is 11.1 Å². The largest absolute Gasteiger partial charge is 0.479 e. The maximum atomic E-state index is 14.0. The summed E-state index contributed by atoms with van der Waals surface area (Å²) in [5, 5.41) is 16.3. The molecule has 2 aromatic rings. The third kappa shape index (κ3) is 6.11. The SMILES string of the molecule is CC(C)(C)N[C@@H]1CCCCC/C=C\C2C[C@@]2(C(=O)O)NC(=O)[C@@H]2C[C@@H](Oc3cnc4ccccc4n3)CN2C1=O. The molecule has 1 saturated carbocycles. The van der Waals surface area contributed by atoms with Crippen LogP contribution >= 0.6 is 0 Å². The predicted molar refractivity (Wildman–Crippen MR) is 150 cm³/mol. The van der Waals surface area contributed by atoms with Gasteiger partial charge in [0.1, 0.15) is 17.7 Å². The lowest BCUT2D eigenvalue weighted by atomic mass is 10.0. The van der Waals surface area contributed by atoms with Gasteiger partial charge in [0, 0.05) is 17.9 Å². The van der Waals surface area contributed by atoms with Gasteiger partial charge in [-0.15, -0.1) is 0 Å². The van der Waals surface area contributed by atoms with E-state index >= 15 is 0 Å². The zero-order chi connectivity index (χ0) is 28.5. The van der Waals surface area contributed by atoms with E-state index in [1.807, 2.05) is 57.2 Å². The van der Waals surface area contributed by atoms with Gasteiger partial charge in [0.2, 0.25) is 17.7 Å². The molecule has 40 heavy (non-hydrogen) atoms. The summed E-state index contributed by atoms with van der Waals surface area (Å²) in [7, 11) is 0. The van der Waals surface area contributed by atoms with Gasteiger partial charge in [-0.1, -0.05) is 37.1 Å². The maximum absolute atomic E-state index is 14.0. The van der Waals surface area contributed by atoms with Crippen LogP contribution in [0.1, 0.15) is 65.7 Å². The number of carbonyl (C=O) groups is 3. The summed E-state index contributed by atoms with van der Waals surface area (Å²) in [5.74, 6) is -1.64. The number of hydrogen-bond donors (Lipinski definition) is 3. The molecule has 0 spiro atoms. The highest BCUT2D eigenvalue weighted by Gasteiger charge is 2.61. The highest BCUT2D eigenvalue weighted by molar-refractivity contribution is 5.95. The Balaban J connectivity index is 1.42. The summed E-state index contributed by atoms with van der Waals surface area (Å²) in [6, 6.07) is 6.13. The van der Waals surface area contributed by atoms with Gasteiger partial charge in [-0.2, -0.15) is 0 Å². The number of rotatable bonds is 4. The van der Waals surface area contributed by atoms with Crippen molar-refractivity contribution in [2.45, 2.75) is 95.0 Å². The molecule has 5 rings (SSSR count). The summed E-state index contributed by atoms with van der Waals surface area (Å²) in [5.41, 5.74) is -0.220. The molecule has 3 aliphatic rings. The average Bonchev–Trinajstić information content (AvgIpc) is 3.44. The van der Waals surface area contributed by atoms with Crippen molar-refractivity contribution in [3.63, 3.8) is 0 Å². The van der Waals surface area contributed by atoms with Crippen LogP contribution in [0.3, 0.4) is 0 Å². The molecule has 3 N–H and O–H groups in total. The molecule has 5 atom stereocenters. The normalized spacial score (nSPS) is 30.4. The Hall–Kier alpha value is -3.53. The van der Waals surface area contributed by atoms with Crippen LogP contribution in [0.15, 0.2) is 42.6 Å². The molecule has 1 unspecified atom stereocenters. The second-order valence-corrected chi connectivity index (χ2v) is 12.3. The Labute approximate surface area is 234 Å². The second-order valence-electron chi connectivity index (χ2n) is 12.3. The van der Waals surface area contributed by atoms with Crippen LogP contribution in [-0.4, -0.2) is 73.6 Å². The minimum absolute atomic E-state index is 0.171. The third-order valence-electron chi connectivity index (χ3n) is 7.94. The number of nitrogens with one attached hydrogen (secondary N) is 2. The van der Waals surface area contributed by atoms with Gasteiger partial charge >= 0.3 is 5.97 Å². The number of ether oxygens (including phenoxy) is 1. The molecule has 1 aromatic heterocycles. The Kier molecular flexibility index (Phi) is 7.81. The van der Waals surface area contributed by atoms with E-state index in [1.165, 1.54) is 0 Å². The number of carboxylic acid groups (broad SMARTS) is 1. The van der Waals surface area contributed by atoms with E-state index in [0.29, 0.717) is 24.2 Å². The molecule has 2 fully saturated rings. The molecule has 214 valence electrons. The van der Waals surface area contributed by atoms with Crippen LogP contribution in [0.4, 0.5) is 0 Å². The number of carboxylic acids is 1. The van der Waals surface area contributed by atoms with Crippen molar-refractivity contribution in [3.05, 3.63) is 42.6 Å². The lowest BCUT2D eigenvalue weighted by Gasteiger charge is -2.33. The molecule has 10 nitrogen and oxygen atoms in total. The Morgan fingerprint density at radius 2 is 1.95 bits per heavy atom. The molecule has 0 radical (unpaired) electrons. The van der Waals surface area contributed by atoms with Crippen LogP contribution in [0.25, 0.3) is 11.0 Å². The third-order valence-corrected chi connectivity index (χ3v) is 7.94. The zero-order valence-corrected chi connectivity index (χ0v) is 23.4. The summed E-state index contributed by atoms with van der Waals surface area (Å²) >= 11 is 0. The topological polar surface area (TPSA) is 134 Å². The van der Waals surface area contributed by atoms with Crippen LogP contribution < -0.4 is 15.4 Å². The van der Waals surface area contributed by atoms with Crippen LogP contribution in [0.5, 0.6) is 5.88 Å². The van der Waals surface area contributed by atoms with Crippen molar-refractivity contribution >= 4 is 28.8 Å². The summed E-state index contributed by atoms with van der Waals surface area (Å²) < 4.78 is 6.17. The molecule has 10 heteroatoms. The quantitative estimate of drug-likeness (QED) is 0.495. The van der Waals surface area contributed by atoms with Gasteiger partial charge in [0.15, 0.2) is 0 Å². The fourth-order valence-corrected chi connectivity index (χ4v) is 5.84. The van der Waals surface area contributed by atoms with E-state index in [0.717, 1.165) is 31.2 Å². The van der Waals surface area contributed by atoms with Gasteiger partial charge in [0.05, 0.1) is 29.8 Å². The molecule has 3 heterocycles. The van der Waals surface area contributed by atoms with Crippen molar-refractivity contribution in [2.24, 2.45) is 5.92 Å². The fraction of sp³-hybridized carbons (Fsp3) is 0.567. The van der Waals surface area contributed by atoms with Crippen molar-refractivity contribution in [3.8, 4) is 5.88 Å². The first-order chi connectivity index (χ1) is 19.1. The highest BCUT2D eigenvalue weighted by Crippen LogP contribution is 2.45. The van der Waals surface area contributed by atoms with Crippen molar-refractivity contribution in [1.82, 2.24) is 25.5 Å². The molecular weight excluding hydrogens is 510 g/mol. The van der Waals surface area contributed by atoms with Crippen molar-refractivity contribution in [2.75, 3.05) is 6.54 Å². The highest BCUT2D eigenvalue weighted by atomic mass is 16.5. The van der Waals surface area contributed by atoms with Gasteiger partial charge in [-0.25, -0.2) is 14.8 Å². The van der Waals surface area contributed by atoms with Crippen molar-refractivity contribution < 1.29 is 24.2 Å². The lowest BCUT2D eigenvalue weighted by molar-refractivity contribution is -0.145. The molecule has 1 aliphatic carbocycles. The van der Waals surface area contributed by atoms with Crippen molar-refractivity contribution in [1.29, 1.82) is 0 Å². The number of carbonyl (C=O) groups excluding carboxylic acids is 2. The number of allylic oxidation sites excluding steroid dienone is 1. The van der Waals surface area contributed by atoms with E-state index in [2.05, 4.69) is 20.6 Å². The second kappa shape index (κ2) is 11.2. The molecule has 1 aromatic carbocycles. The van der Waals surface area contributed by atoms with E-state index in [9.17, 15) is 19.5 Å². The van der Waals surface area contributed by atoms with E-state index in [-0.39, 0.29) is 30.3 Å². The van der Waals surface area contributed by atoms with Gasteiger partial charge in [-0.05, 0) is 58.6 Å². The average molecular weight is 550 g/mol. The first-order valence-corrected chi connectivity index (χ1v) is 14.2. The Morgan fingerprint density at radius 3 is 2.70 bits per heavy atom. The molecule has 2 amide bonds. The van der Waals surface area contributed by atoms with E-state index < -0.39 is 35.6 Å². The number of amides is 2. The van der Waals surface area contributed by atoms with E-state index in [4.69, 9.17) is 4.74 Å². The lowest BCUT2D eigenvalue weighted by Crippen LogP contribution is -2.57. The molecule has 2 aliphatic heterocycles. The monoisotopic (exact) mass is 549 g/mol. The van der Waals surface area contributed by atoms with Crippen LogP contribution in [0.2, 0.25) is 0 Å². The minimum atomic E-state index is -1.34. The summed E-state index contributed by atoms with van der Waals surface area (Å²) in [6.45, 7) is 6.24. The number of para-hydroxylation sites is 2. The standard InChI is InChI=1S/C30H39N5O5/c1-29(2,3)33-23-14-8-6-4-5-7-11-19-16-30(19,28(38)39)34-26(36)24-15-20(18-35(24)27(23)37)40-25-17-31-21-12-9-10-13-22(21)32-25/h7,9-13,17,19-20,23-24,33H,4-6,8,14-16,18H2,1-3H3,(H,34,36)(H,38,39)/b11-7-/t19?,20-,23-,24+,30-/m1/s1. The number of nitrogens with zero attached hydrogens (tertiary/aromatic N) is 3. The predicted octanol–water partition coefficient (Wildman–Crippen LogP) is 3.21. The molecule has 0 bridgehead atoms. The summed E-state index contributed by atoms with van der Waals surface area (Å²) in [4.78, 5) is 50.5. The van der Waals surface area contributed by atoms with Crippen LogP contribution in [0, 0.1) is 5.92 Å². The molecule has 1 saturated heterocycles. The Bertz CT molecular complexity index is 1310. The maximum Gasteiger partial charge on any atom is 0.330 e. The van der Waals surface area contributed by atoms with Gasteiger partial charge < -0.3 is 25.4 Å². The first-order valence-electron chi connectivity index (χ1n) is 14.2. The number of benzene rings is 1. The number of hydrogen-bond acceptors (Lipinski definition) is 7. The number of aromatic nitrogens is 2. The zero-order valence-electron chi connectivity index (χ0n) is 23.4. The van der Waals surface area contributed by atoms with Gasteiger partial charge in [0.25, 0.3) is 0 Å². The number of aliphatic carboxylic acids is 1. The first kappa shape index (κ1) is 28.0. The fourth-order valence-electron chi connectivity index (χ4n) is 5.84. The van der Waals surface area contributed by atoms with Crippen LogP contribution in [-0.2, 0) is 14.4 Å². The smallest absolute Gasteiger partial charge is 0.330 e. The van der Waals surface area contributed by atoms with Gasteiger partial charge in [-0.3, -0.25) is 9.59 Å². The molecular formula is C30H39N5O5. The number of fused-ring (bicyclic) bond motifs is 3. The summed E-state index contributed by atoms with van der Waals surface area (Å²) in [6.07, 6.45) is 9.83. The Morgan fingerprint density at radius 1 is 1.18 bits per heavy atom.